The van der Waals surface area contributed by atoms with Gasteiger partial charge in [0.25, 0.3) is 0 Å². The minimum atomic E-state index is -1.14. The predicted octanol–water partition coefficient (Wildman–Crippen LogP) is 1.55. The Morgan fingerprint density at radius 2 is 2.00 bits per heavy atom. The summed E-state index contributed by atoms with van der Waals surface area (Å²) in [4.78, 5) is 10.0. The van der Waals surface area contributed by atoms with Crippen LogP contribution in [0.4, 0.5) is 0 Å². The van der Waals surface area contributed by atoms with Crippen molar-refractivity contribution in [1.29, 1.82) is 0 Å². The second-order valence-corrected chi connectivity index (χ2v) is 2.49. The summed E-state index contributed by atoms with van der Waals surface area (Å²) in [5.41, 5.74) is 0.185. The van der Waals surface area contributed by atoms with Crippen molar-refractivity contribution in [2.45, 2.75) is 20.3 Å². The maximum Gasteiger partial charge on any atom is 0.381 e. The highest BCUT2D eigenvalue weighted by atomic mass is 16.4. The van der Waals surface area contributed by atoms with Crippen molar-refractivity contribution in [3.63, 3.8) is 0 Å². The van der Waals surface area contributed by atoms with Crippen LogP contribution in [0.2, 0.25) is 0 Å². The summed E-state index contributed by atoms with van der Waals surface area (Å²) < 4.78 is 0. The minimum absolute atomic E-state index is 0.185. The zero-order chi connectivity index (χ0) is 7.44. The van der Waals surface area contributed by atoms with E-state index in [1.165, 1.54) is 0 Å². The molecule has 0 bridgehead atoms. The van der Waals surface area contributed by atoms with Crippen molar-refractivity contribution in [1.82, 2.24) is 0 Å². The first kappa shape index (κ1) is 8.21. The van der Waals surface area contributed by atoms with E-state index in [4.69, 9.17) is 0 Å². The van der Waals surface area contributed by atoms with E-state index >= 15 is 0 Å². The topological polar surface area (TPSA) is 37.0 Å². The van der Waals surface area contributed by atoms with Gasteiger partial charge in [-0.3, -0.25) is 0 Å². The lowest BCUT2D eigenvalue weighted by Gasteiger charge is -2.00. The molecule has 2 nitrogen and oxygen atoms in total. The van der Waals surface area contributed by atoms with E-state index in [2.05, 4.69) is 6.58 Å². The van der Waals surface area contributed by atoms with Gasteiger partial charge in [0.05, 0.1) is 0 Å². The predicted molar refractivity (Wildman–Crippen MR) is 34.3 cm³/mol. The Balaban J connectivity index is 3.65. The number of carbonyl (C=O) groups is 1. The van der Waals surface area contributed by atoms with Crippen molar-refractivity contribution < 1.29 is 9.90 Å². The highest BCUT2D eigenvalue weighted by Crippen LogP contribution is 2.07. The lowest BCUT2D eigenvalue weighted by atomic mass is 10.1. The number of rotatable bonds is 3. The van der Waals surface area contributed by atoms with Gasteiger partial charge in [-0.1, -0.05) is 20.4 Å². The van der Waals surface area contributed by atoms with Gasteiger partial charge < -0.3 is 0 Å². The molecule has 0 amide bonds. The lowest BCUT2D eigenvalue weighted by Crippen LogP contribution is -2.00. The summed E-state index contributed by atoms with van der Waals surface area (Å²) in [7, 11) is 0. The fourth-order valence-electron chi connectivity index (χ4n) is 0.576. The highest BCUT2D eigenvalue weighted by Gasteiger charge is 2.06. The first-order valence-electron chi connectivity index (χ1n) is 2.93. The summed E-state index contributed by atoms with van der Waals surface area (Å²) in [6, 6.07) is 0. The van der Waals surface area contributed by atoms with Gasteiger partial charge in [-0.15, -0.1) is 0 Å². The molecule has 0 aromatic carbocycles. The first-order chi connectivity index (χ1) is 4.04. The summed E-state index contributed by atoms with van der Waals surface area (Å²) in [5, 5.41) is 10.0. The van der Waals surface area contributed by atoms with Gasteiger partial charge in [0.1, 0.15) is 0 Å². The van der Waals surface area contributed by atoms with Gasteiger partial charge in [0.2, 0.25) is 0 Å². The summed E-state index contributed by atoms with van der Waals surface area (Å²) in [6.45, 7) is 7.21. The normalized spacial score (nSPS) is 9.67. The van der Waals surface area contributed by atoms with E-state index < -0.39 is 5.97 Å². The Kier molecular flexibility index (Phi) is 2.99. The molecule has 0 saturated heterocycles. The Labute approximate surface area is 55.2 Å². The van der Waals surface area contributed by atoms with E-state index in [1.54, 1.807) is 0 Å². The van der Waals surface area contributed by atoms with Crippen LogP contribution in [-0.2, 0) is 9.90 Å². The molecule has 0 saturated carbocycles. The largest absolute Gasteiger partial charge is 0.381 e. The molecule has 0 atom stereocenters. The molecule has 0 rings (SSSR count). The van der Waals surface area contributed by atoms with Crippen LogP contribution in [0, 0.1) is 5.92 Å². The summed E-state index contributed by atoms with van der Waals surface area (Å²) >= 11 is 0. The van der Waals surface area contributed by atoms with Gasteiger partial charge in [-0.05, 0) is 12.3 Å². The highest BCUT2D eigenvalue weighted by molar-refractivity contribution is 5.85. The molecule has 0 unspecified atom stereocenters. The van der Waals surface area contributed by atoms with Gasteiger partial charge in [0.15, 0.2) is 0 Å². The van der Waals surface area contributed by atoms with Crippen LogP contribution in [0.15, 0.2) is 12.2 Å². The van der Waals surface area contributed by atoms with Gasteiger partial charge in [0, 0.05) is 5.57 Å². The molecule has 51 valence electrons. The minimum Gasteiger partial charge on any atom is -0.242 e. The molecule has 9 heavy (non-hydrogen) atoms. The average Bonchev–Trinajstić information content (AvgIpc) is 1.63. The first-order valence-corrected chi connectivity index (χ1v) is 2.93. The van der Waals surface area contributed by atoms with E-state index in [-0.39, 0.29) is 5.57 Å². The van der Waals surface area contributed by atoms with Crippen LogP contribution in [0.25, 0.3) is 0 Å². The third-order valence-electron chi connectivity index (χ3n) is 0.943. The standard InChI is InChI=1S/C7H11O2/c1-5(2)4-6(3)7(8)9/h5H,3-4H2,1-2H3. The van der Waals surface area contributed by atoms with Crippen molar-refractivity contribution in [2.75, 3.05) is 0 Å². The quantitative estimate of drug-likeness (QED) is 0.530. The molecule has 0 aliphatic rings. The summed E-state index contributed by atoms with van der Waals surface area (Å²) in [6.07, 6.45) is 0.516. The van der Waals surface area contributed by atoms with Crippen LogP contribution < -0.4 is 0 Å². The third kappa shape index (κ3) is 3.76. The molecular formula is C7H11O2. The number of hydrogen-bond donors (Lipinski definition) is 0. The van der Waals surface area contributed by atoms with Gasteiger partial charge >= 0.3 is 5.97 Å². The lowest BCUT2D eigenvalue weighted by molar-refractivity contribution is -0.138. The number of hydrogen-bond acceptors (Lipinski definition) is 1. The van der Waals surface area contributed by atoms with Crippen LogP contribution in [0.5, 0.6) is 0 Å². The molecule has 0 aliphatic carbocycles. The summed E-state index contributed by atoms with van der Waals surface area (Å²) in [5.74, 6) is -0.792. The number of carbonyl (C=O) groups excluding carboxylic acids is 1. The van der Waals surface area contributed by atoms with Gasteiger partial charge in [-0.2, -0.15) is 0 Å². The van der Waals surface area contributed by atoms with E-state index in [1.807, 2.05) is 13.8 Å². The smallest absolute Gasteiger partial charge is 0.242 e. The van der Waals surface area contributed by atoms with E-state index in [0.29, 0.717) is 12.3 Å². The molecular weight excluding hydrogens is 116 g/mol. The average molecular weight is 127 g/mol. The maximum absolute atomic E-state index is 10.0. The zero-order valence-corrected chi connectivity index (χ0v) is 5.81. The van der Waals surface area contributed by atoms with Crippen LogP contribution in [-0.4, -0.2) is 5.97 Å². The van der Waals surface area contributed by atoms with Crippen molar-refractivity contribution in [3.8, 4) is 0 Å². The molecule has 0 aliphatic heterocycles. The molecule has 0 fully saturated rings. The van der Waals surface area contributed by atoms with Crippen LogP contribution >= 0.6 is 0 Å². The molecule has 2 heteroatoms. The molecule has 0 aromatic heterocycles. The Morgan fingerprint density at radius 3 is 2.11 bits per heavy atom. The molecule has 0 spiro atoms. The fraction of sp³-hybridized carbons (Fsp3) is 0.571. The van der Waals surface area contributed by atoms with Crippen molar-refractivity contribution in [2.24, 2.45) is 5.92 Å². The molecule has 0 aromatic rings. The zero-order valence-electron chi connectivity index (χ0n) is 5.81. The molecule has 0 heterocycles. The Hall–Kier alpha value is -0.790. The monoisotopic (exact) mass is 127 g/mol. The molecule has 0 N–H and O–H groups in total. The Morgan fingerprint density at radius 1 is 1.56 bits per heavy atom. The van der Waals surface area contributed by atoms with Gasteiger partial charge in [-0.25, -0.2) is 9.90 Å². The third-order valence-corrected chi connectivity index (χ3v) is 0.943. The van der Waals surface area contributed by atoms with Crippen molar-refractivity contribution in [3.05, 3.63) is 12.2 Å². The fourth-order valence-corrected chi connectivity index (χ4v) is 0.576. The molecule has 1 radical (unpaired) electrons. The second-order valence-electron chi connectivity index (χ2n) is 2.49. The SMILES string of the molecule is C=C(CC(C)C)C([O])=O. The van der Waals surface area contributed by atoms with Crippen LogP contribution in [0.3, 0.4) is 0 Å². The van der Waals surface area contributed by atoms with E-state index in [0.717, 1.165) is 0 Å². The Bertz CT molecular complexity index is 125. The maximum atomic E-state index is 10.0. The van der Waals surface area contributed by atoms with Crippen molar-refractivity contribution >= 4 is 5.97 Å². The van der Waals surface area contributed by atoms with E-state index in [9.17, 15) is 9.90 Å². The van der Waals surface area contributed by atoms with Crippen LogP contribution in [0.1, 0.15) is 20.3 Å². The second kappa shape index (κ2) is 3.28.